The molecular formula is C8H16N2O5S. The van der Waals surface area contributed by atoms with Crippen LogP contribution in [-0.4, -0.2) is 38.9 Å². The van der Waals surface area contributed by atoms with Gasteiger partial charge in [-0.2, -0.15) is 13.1 Å². The average Bonchev–Trinajstić information content (AvgIpc) is 2.96. The van der Waals surface area contributed by atoms with E-state index in [0.717, 1.165) is 12.8 Å². The number of hydrogen-bond acceptors (Lipinski definition) is 5. The number of rotatable bonds is 6. The summed E-state index contributed by atoms with van der Waals surface area (Å²) >= 11 is 0. The molecule has 0 aliphatic heterocycles. The van der Waals surface area contributed by atoms with E-state index < -0.39 is 22.4 Å². The second-order valence-corrected chi connectivity index (χ2v) is 5.08. The fraction of sp³-hybridized carbons (Fsp3) is 0.875. The molecule has 0 spiro atoms. The monoisotopic (exact) mass is 252 g/mol. The van der Waals surface area contributed by atoms with E-state index in [1.54, 1.807) is 11.6 Å². The first kappa shape index (κ1) is 13.2. The molecule has 0 aromatic carbocycles. The Hall–Kier alpha value is -0.860. The molecule has 16 heavy (non-hydrogen) atoms. The van der Waals surface area contributed by atoms with Gasteiger partial charge in [0.1, 0.15) is 0 Å². The standard InChI is InChI=1S/C8H16N2O5S/c1-2-15-8(12)10-16(13,14)9-5-7(11)6-3-4-6/h6-7,9,11H,2-5H2,1H3,(H,10,12). The summed E-state index contributed by atoms with van der Waals surface area (Å²) < 4.78 is 30.6. The van der Waals surface area contributed by atoms with Gasteiger partial charge < -0.3 is 9.84 Å². The van der Waals surface area contributed by atoms with E-state index in [2.05, 4.69) is 9.46 Å². The van der Waals surface area contributed by atoms with E-state index in [-0.39, 0.29) is 19.1 Å². The molecule has 3 N–H and O–H groups in total. The summed E-state index contributed by atoms with van der Waals surface area (Å²) in [5.41, 5.74) is 0. The van der Waals surface area contributed by atoms with Gasteiger partial charge >= 0.3 is 16.3 Å². The Balaban J connectivity index is 2.30. The molecular weight excluding hydrogens is 236 g/mol. The first-order valence-electron chi connectivity index (χ1n) is 5.07. The van der Waals surface area contributed by atoms with Gasteiger partial charge in [0.05, 0.1) is 12.7 Å². The average molecular weight is 252 g/mol. The van der Waals surface area contributed by atoms with Crippen molar-refractivity contribution >= 4 is 16.3 Å². The molecule has 1 saturated carbocycles. The maximum absolute atomic E-state index is 11.2. The highest BCUT2D eigenvalue weighted by molar-refractivity contribution is 7.88. The molecule has 1 unspecified atom stereocenters. The molecule has 0 saturated heterocycles. The topological polar surface area (TPSA) is 105 Å². The Morgan fingerprint density at radius 2 is 2.19 bits per heavy atom. The van der Waals surface area contributed by atoms with Gasteiger partial charge in [0, 0.05) is 6.54 Å². The van der Waals surface area contributed by atoms with Gasteiger partial charge in [0.25, 0.3) is 0 Å². The van der Waals surface area contributed by atoms with Crippen LogP contribution in [-0.2, 0) is 14.9 Å². The molecule has 7 nitrogen and oxygen atoms in total. The fourth-order valence-electron chi connectivity index (χ4n) is 1.15. The van der Waals surface area contributed by atoms with E-state index >= 15 is 0 Å². The quantitative estimate of drug-likeness (QED) is 0.582. The second kappa shape index (κ2) is 5.46. The third kappa shape index (κ3) is 4.77. The van der Waals surface area contributed by atoms with Gasteiger partial charge in [0.2, 0.25) is 0 Å². The number of amides is 1. The summed E-state index contributed by atoms with van der Waals surface area (Å²) in [7, 11) is -3.94. The summed E-state index contributed by atoms with van der Waals surface area (Å²) in [4.78, 5) is 10.8. The molecule has 1 rings (SSSR count). The van der Waals surface area contributed by atoms with Crippen LogP contribution < -0.4 is 9.44 Å². The summed E-state index contributed by atoms with van der Waals surface area (Å²) in [6.45, 7) is 1.56. The predicted octanol–water partition coefficient (Wildman–Crippen LogP) is -0.662. The van der Waals surface area contributed by atoms with Crippen LogP contribution in [0.3, 0.4) is 0 Å². The first-order chi connectivity index (χ1) is 7.44. The SMILES string of the molecule is CCOC(=O)NS(=O)(=O)NCC(O)C1CC1. The van der Waals surface area contributed by atoms with Crippen molar-refractivity contribution in [2.24, 2.45) is 5.92 Å². The number of carbonyl (C=O) groups excluding carboxylic acids is 1. The second-order valence-electron chi connectivity index (χ2n) is 3.58. The minimum atomic E-state index is -3.94. The van der Waals surface area contributed by atoms with Crippen molar-refractivity contribution in [2.75, 3.05) is 13.2 Å². The fourth-order valence-corrected chi connectivity index (χ4v) is 1.89. The molecule has 1 amide bonds. The van der Waals surface area contributed by atoms with Crippen molar-refractivity contribution in [3.8, 4) is 0 Å². The Morgan fingerprint density at radius 3 is 2.69 bits per heavy atom. The summed E-state index contributed by atoms with van der Waals surface area (Å²) in [6.07, 6.45) is 0.0947. The molecule has 0 bridgehead atoms. The van der Waals surface area contributed by atoms with E-state index in [9.17, 15) is 18.3 Å². The van der Waals surface area contributed by atoms with Crippen molar-refractivity contribution in [1.29, 1.82) is 0 Å². The number of aliphatic hydroxyl groups is 1. The van der Waals surface area contributed by atoms with Crippen molar-refractivity contribution in [3.05, 3.63) is 0 Å². The third-order valence-corrected chi connectivity index (χ3v) is 3.12. The highest BCUT2D eigenvalue weighted by Crippen LogP contribution is 2.32. The van der Waals surface area contributed by atoms with Crippen molar-refractivity contribution < 1.29 is 23.1 Å². The maximum atomic E-state index is 11.2. The summed E-state index contributed by atoms with van der Waals surface area (Å²) in [5, 5.41) is 9.42. The number of nitrogens with one attached hydrogen (secondary N) is 2. The van der Waals surface area contributed by atoms with E-state index in [4.69, 9.17) is 0 Å². The smallest absolute Gasteiger partial charge is 0.421 e. The Morgan fingerprint density at radius 1 is 1.56 bits per heavy atom. The summed E-state index contributed by atoms with van der Waals surface area (Å²) in [6, 6.07) is 0. The Bertz CT molecular complexity index is 338. The van der Waals surface area contributed by atoms with E-state index in [1.807, 2.05) is 0 Å². The van der Waals surface area contributed by atoms with E-state index in [1.165, 1.54) is 0 Å². The predicted molar refractivity (Wildman–Crippen MR) is 55.8 cm³/mol. The molecule has 1 aliphatic rings. The van der Waals surface area contributed by atoms with Crippen LogP contribution in [0.2, 0.25) is 0 Å². The molecule has 1 fully saturated rings. The van der Waals surface area contributed by atoms with Crippen molar-refractivity contribution in [2.45, 2.75) is 25.9 Å². The zero-order chi connectivity index (χ0) is 12.2. The maximum Gasteiger partial charge on any atom is 0.421 e. The van der Waals surface area contributed by atoms with Gasteiger partial charge in [-0.3, -0.25) is 0 Å². The van der Waals surface area contributed by atoms with Crippen LogP contribution in [0.5, 0.6) is 0 Å². The van der Waals surface area contributed by atoms with Crippen LogP contribution in [0.4, 0.5) is 4.79 Å². The van der Waals surface area contributed by atoms with Gasteiger partial charge in [-0.05, 0) is 25.7 Å². The number of aliphatic hydroxyl groups excluding tert-OH is 1. The lowest BCUT2D eigenvalue weighted by Crippen LogP contribution is -2.43. The van der Waals surface area contributed by atoms with Gasteiger partial charge in [-0.25, -0.2) is 9.52 Å². The van der Waals surface area contributed by atoms with Crippen LogP contribution in [0.15, 0.2) is 0 Å². The lowest BCUT2D eigenvalue weighted by molar-refractivity contribution is 0.153. The zero-order valence-electron chi connectivity index (χ0n) is 8.97. The van der Waals surface area contributed by atoms with Crippen LogP contribution in [0.1, 0.15) is 19.8 Å². The largest absolute Gasteiger partial charge is 0.449 e. The molecule has 8 heteroatoms. The van der Waals surface area contributed by atoms with Gasteiger partial charge in [-0.15, -0.1) is 0 Å². The highest BCUT2D eigenvalue weighted by atomic mass is 32.2. The molecule has 1 aliphatic carbocycles. The highest BCUT2D eigenvalue weighted by Gasteiger charge is 2.30. The third-order valence-electron chi connectivity index (χ3n) is 2.14. The van der Waals surface area contributed by atoms with E-state index in [0.29, 0.717) is 0 Å². The van der Waals surface area contributed by atoms with Crippen LogP contribution in [0, 0.1) is 5.92 Å². The first-order valence-corrected chi connectivity index (χ1v) is 6.55. The molecule has 0 heterocycles. The minimum absolute atomic E-state index is 0.0893. The lowest BCUT2D eigenvalue weighted by Gasteiger charge is -2.11. The van der Waals surface area contributed by atoms with Crippen LogP contribution in [0.25, 0.3) is 0 Å². The Kier molecular flexibility index (Phi) is 4.51. The lowest BCUT2D eigenvalue weighted by atomic mass is 10.2. The van der Waals surface area contributed by atoms with Crippen molar-refractivity contribution in [1.82, 2.24) is 9.44 Å². The molecule has 0 radical (unpaired) electrons. The van der Waals surface area contributed by atoms with Crippen LogP contribution >= 0.6 is 0 Å². The number of carbonyl (C=O) groups is 1. The molecule has 1 atom stereocenters. The normalized spacial score (nSPS) is 17.9. The van der Waals surface area contributed by atoms with Crippen molar-refractivity contribution in [3.63, 3.8) is 0 Å². The minimum Gasteiger partial charge on any atom is -0.449 e. The number of hydrogen-bond donors (Lipinski definition) is 3. The zero-order valence-corrected chi connectivity index (χ0v) is 9.79. The van der Waals surface area contributed by atoms with Gasteiger partial charge in [0.15, 0.2) is 0 Å². The number of ether oxygens (including phenoxy) is 1. The summed E-state index contributed by atoms with van der Waals surface area (Å²) in [5.74, 6) is 0.172. The van der Waals surface area contributed by atoms with Gasteiger partial charge in [-0.1, -0.05) is 0 Å². The molecule has 0 aromatic rings. The molecule has 0 aromatic heterocycles. The Labute approximate surface area is 94.4 Å². The molecule has 94 valence electrons.